The van der Waals surface area contributed by atoms with Crippen LogP contribution in [0, 0.1) is 5.41 Å². The Kier molecular flexibility index (Phi) is 15.5. The molecule has 0 amide bonds. The van der Waals surface area contributed by atoms with Crippen LogP contribution in [0.5, 0.6) is 0 Å². The molecule has 180 valence electrons. The molecule has 0 fully saturated rings. The van der Waals surface area contributed by atoms with Crippen LogP contribution in [0.2, 0.25) is 0 Å². The molecule has 0 aromatic heterocycles. The Bertz CT molecular complexity index is 744. The summed E-state index contributed by atoms with van der Waals surface area (Å²) in [6.07, 6.45) is 3.33. The number of hydrogen-bond donors (Lipinski definition) is 1. The first-order chi connectivity index (χ1) is 14.3. The Morgan fingerprint density at radius 3 is 1.78 bits per heavy atom. The zero-order valence-electron chi connectivity index (χ0n) is 18.8. The molecule has 0 radical (unpaired) electrons. The van der Waals surface area contributed by atoms with Crippen LogP contribution in [0.3, 0.4) is 0 Å². The van der Waals surface area contributed by atoms with Crippen LogP contribution < -0.4 is 0 Å². The van der Waals surface area contributed by atoms with Crippen molar-refractivity contribution in [3.05, 3.63) is 24.3 Å². The van der Waals surface area contributed by atoms with Crippen LogP contribution in [-0.2, 0) is 38.7 Å². The number of rotatable bonds is 15. The van der Waals surface area contributed by atoms with Gasteiger partial charge in [0.15, 0.2) is 0 Å². The van der Waals surface area contributed by atoms with Gasteiger partial charge >= 0.3 is 36.8 Å². The maximum absolute atomic E-state index is 13.0. The van der Waals surface area contributed by atoms with Crippen molar-refractivity contribution in [1.82, 2.24) is 0 Å². The maximum atomic E-state index is 13.0. The summed E-state index contributed by atoms with van der Waals surface area (Å²) in [6, 6.07) is 0. The van der Waals surface area contributed by atoms with Gasteiger partial charge in [0.25, 0.3) is 10.1 Å². The summed E-state index contributed by atoms with van der Waals surface area (Å²) in [5.41, 5.74) is -1.32. The van der Waals surface area contributed by atoms with Crippen molar-refractivity contribution in [3.63, 3.8) is 0 Å². The van der Waals surface area contributed by atoms with Gasteiger partial charge in [-0.1, -0.05) is 45.8 Å². The summed E-state index contributed by atoms with van der Waals surface area (Å²) in [7, 11) is -4.41. The van der Waals surface area contributed by atoms with Gasteiger partial charge < -0.3 is 14.2 Å². The molecule has 0 spiro atoms. The molecule has 11 heteroatoms. The fraction of sp³-hybridized carbons (Fsp3) is 0.667. The third-order valence-electron chi connectivity index (χ3n) is 4.56. The zero-order valence-corrected chi connectivity index (χ0v) is 19.6. The topological polar surface area (TPSA) is 133 Å². The Morgan fingerprint density at radius 2 is 1.41 bits per heavy atom. The fourth-order valence-corrected chi connectivity index (χ4v) is 2.62. The molecule has 0 aromatic rings. The van der Waals surface area contributed by atoms with Gasteiger partial charge in [-0.3, -0.25) is 9.35 Å². The predicted molar refractivity (Wildman–Crippen MR) is 122 cm³/mol. The van der Waals surface area contributed by atoms with E-state index in [-0.39, 0.29) is 36.4 Å². The van der Waals surface area contributed by atoms with Crippen molar-refractivity contribution in [2.75, 3.05) is 19.8 Å². The van der Waals surface area contributed by atoms with Crippen molar-refractivity contribution >= 4 is 46.9 Å². The van der Waals surface area contributed by atoms with Crippen LogP contribution in [0.4, 0.5) is 0 Å². The minimum absolute atomic E-state index is 0. The number of ether oxygens (including phenoxy) is 3. The summed E-state index contributed by atoms with van der Waals surface area (Å²) in [5, 5.41) is -1.36. The van der Waals surface area contributed by atoms with Crippen LogP contribution >= 0.6 is 0 Å². The van der Waals surface area contributed by atoms with Gasteiger partial charge in [-0.2, -0.15) is 8.42 Å². The summed E-state index contributed by atoms with van der Waals surface area (Å²) in [4.78, 5) is 36.8. The Hall–Kier alpha value is -1.60. The fourth-order valence-electron chi connectivity index (χ4n) is 2.38. The molecular formula is C21H35LiO9S. The summed E-state index contributed by atoms with van der Waals surface area (Å²) < 4.78 is 47.1. The minimum atomic E-state index is -4.41. The zero-order chi connectivity index (χ0) is 24.2. The normalized spacial score (nSPS) is 12.2. The van der Waals surface area contributed by atoms with E-state index in [2.05, 4.69) is 13.2 Å². The van der Waals surface area contributed by atoms with Gasteiger partial charge in [0.05, 0.1) is 0 Å². The van der Waals surface area contributed by atoms with Gasteiger partial charge in [-0.25, -0.2) is 9.59 Å². The first-order valence-corrected chi connectivity index (χ1v) is 11.6. The molecule has 1 unspecified atom stereocenters. The molecule has 0 aliphatic rings. The van der Waals surface area contributed by atoms with E-state index >= 15 is 0 Å². The number of carbonyl (C=O) groups is 3. The van der Waals surface area contributed by atoms with Gasteiger partial charge in [-0.15, -0.1) is 0 Å². The van der Waals surface area contributed by atoms with Gasteiger partial charge in [0.2, 0.25) is 0 Å². The number of esters is 3. The summed E-state index contributed by atoms with van der Waals surface area (Å²) in [5.74, 6) is -2.37. The van der Waals surface area contributed by atoms with E-state index in [4.69, 9.17) is 18.8 Å². The van der Waals surface area contributed by atoms with E-state index in [1.807, 2.05) is 6.92 Å². The molecule has 0 bridgehead atoms. The monoisotopic (exact) mass is 470 g/mol. The molecule has 0 aromatic carbocycles. The average Bonchev–Trinajstić information content (AvgIpc) is 2.68. The van der Waals surface area contributed by atoms with Gasteiger partial charge in [0, 0.05) is 11.1 Å². The molecule has 0 rings (SSSR count). The van der Waals surface area contributed by atoms with Crippen LogP contribution in [-0.4, -0.2) is 74.8 Å². The average molecular weight is 471 g/mol. The summed E-state index contributed by atoms with van der Waals surface area (Å²) in [6.45, 7) is 11.5. The van der Waals surface area contributed by atoms with E-state index in [0.29, 0.717) is 6.42 Å². The quantitative estimate of drug-likeness (QED) is 0.0956. The van der Waals surface area contributed by atoms with Crippen LogP contribution in [0.1, 0.15) is 59.8 Å². The van der Waals surface area contributed by atoms with Crippen molar-refractivity contribution in [3.8, 4) is 0 Å². The third kappa shape index (κ3) is 11.9. The second kappa shape index (κ2) is 15.3. The Morgan fingerprint density at radius 1 is 0.938 bits per heavy atom. The van der Waals surface area contributed by atoms with Crippen molar-refractivity contribution in [2.45, 2.75) is 65.0 Å². The summed E-state index contributed by atoms with van der Waals surface area (Å²) >= 11 is 0. The van der Waals surface area contributed by atoms with E-state index in [1.54, 1.807) is 0 Å². The first-order valence-electron chi connectivity index (χ1n) is 10.1. The molecule has 0 heterocycles. The molecule has 1 atom stereocenters. The SMILES string of the molecule is C=C(C)C(=O)OCC(CCCCCC)(COC(=O)C(=C)C)C(=O)OCC(C)S(=O)(=O)O.[LiH]. The second-order valence-corrected chi connectivity index (χ2v) is 9.56. The van der Waals surface area contributed by atoms with Crippen LogP contribution in [0.15, 0.2) is 24.3 Å². The Labute approximate surface area is 202 Å². The van der Waals surface area contributed by atoms with Crippen molar-refractivity contribution < 1.29 is 41.6 Å². The van der Waals surface area contributed by atoms with Crippen LogP contribution in [0.25, 0.3) is 0 Å². The molecule has 0 saturated carbocycles. The van der Waals surface area contributed by atoms with E-state index in [9.17, 15) is 22.8 Å². The standard InChI is InChI=1S/C21H34O9S.Li.H/c1-7-8-9-10-11-21(13-29-18(22)15(2)3,14-30-19(23)16(4)5)20(24)28-12-17(6)31(25,26)27;;/h17H,2,4,7-14H2,1,3,5-6H3,(H,25,26,27);;. The second-order valence-electron chi connectivity index (χ2n) is 7.73. The molecule has 32 heavy (non-hydrogen) atoms. The molecule has 0 aliphatic heterocycles. The molecule has 1 N–H and O–H groups in total. The molecule has 9 nitrogen and oxygen atoms in total. The van der Waals surface area contributed by atoms with E-state index < -0.39 is 58.5 Å². The predicted octanol–water partition coefficient (Wildman–Crippen LogP) is 2.35. The van der Waals surface area contributed by atoms with Gasteiger partial charge in [-0.05, 0) is 27.2 Å². The number of carbonyl (C=O) groups excluding carboxylic acids is 3. The molecular weight excluding hydrogens is 435 g/mol. The third-order valence-corrected chi connectivity index (χ3v) is 5.71. The van der Waals surface area contributed by atoms with E-state index in [1.165, 1.54) is 20.8 Å². The van der Waals surface area contributed by atoms with E-state index in [0.717, 1.165) is 19.3 Å². The van der Waals surface area contributed by atoms with Crippen molar-refractivity contribution in [2.24, 2.45) is 5.41 Å². The van der Waals surface area contributed by atoms with Gasteiger partial charge in [0.1, 0.15) is 30.5 Å². The molecule has 0 aliphatic carbocycles. The number of unbranched alkanes of at least 4 members (excludes halogenated alkanes) is 3. The number of hydrogen-bond acceptors (Lipinski definition) is 8. The Balaban J connectivity index is 0. The molecule has 0 saturated heterocycles. The van der Waals surface area contributed by atoms with Crippen molar-refractivity contribution in [1.29, 1.82) is 0 Å². The first kappa shape index (κ1) is 32.6.